The number of ketones is 1. The molecule has 108 valence electrons. The second kappa shape index (κ2) is 7.24. The summed E-state index contributed by atoms with van der Waals surface area (Å²) in [6.45, 7) is 0.422. The molecule has 0 spiro atoms. The van der Waals surface area contributed by atoms with Crippen LogP contribution < -0.4 is 4.74 Å². The first-order valence-corrected chi connectivity index (χ1v) is 6.71. The van der Waals surface area contributed by atoms with Crippen molar-refractivity contribution in [2.24, 2.45) is 0 Å². The van der Waals surface area contributed by atoms with Crippen molar-refractivity contribution in [3.63, 3.8) is 0 Å². The van der Waals surface area contributed by atoms with E-state index in [2.05, 4.69) is 0 Å². The lowest BCUT2D eigenvalue weighted by Crippen LogP contribution is -2.04. The second-order valence-corrected chi connectivity index (χ2v) is 4.57. The van der Waals surface area contributed by atoms with Crippen LogP contribution in [0.1, 0.15) is 33.6 Å². The molecule has 0 aliphatic rings. The Balaban J connectivity index is 1.75. The summed E-state index contributed by atoms with van der Waals surface area (Å²) in [5.74, 6) is -0.261. The molecular formula is C17H16O4. The van der Waals surface area contributed by atoms with E-state index in [1.807, 2.05) is 18.2 Å². The van der Waals surface area contributed by atoms with E-state index < -0.39 is 5.97 Å². The first kappa shape index (κ1) is 14.8. The third-order valence-electron chi connectivity index (χ3n) is 3.01. The highest BCUT2D eigenvalue weighted by atomic mass is 16.5. The number of carboxylic acids is 1. The van der Waals surface area contributed by atoms with E-state index in [9.17, 15) is 9.59 Å². The predicted molar refractivity (Wildman–Crippen MR) is 78.9 cm³/mol. The van der Waals surface area contributed by atoms with Crippen molar-refractivity contribution in [1.82, 2.24) is 0 Å². The number of Topliss-reactive ketones (excluding diaryl/α,β-unsaturated/α-hetero) is 1. The standard InChI is InChI=1S/C17H16O4/c18-16(13-5-2-1-3-6-13)7-4-12-21-15-10-8-14(9-11-15)17(19)20/h1-3,5-6,8-11H,4,7,12H2,(H,19,20). The number of ether oxygens (including phenoxy) is 1. The van der Waals surface area contributed by atoms with Crippen molar-refractivity contribution >= 4 is 11.8 Å². The number of aromatic carboxylic acids is 1. The predicted octanol–water partition coefficient (Wildman–Crippen LogP) is 3.43. The lowest BCUT2D eigenvalue weighted by molar-refractivity contribution is 0.0696. The van der Waals surface area contributed by atoms with Gasteiger partial charge in [-0.25, -0.2) is 4.79 Å². The molecule has 0 heterocycles. The maximum absolute atomic E-state index is 11.9. The van der Waals surface area contributed by atoms with Gasteiger partial charge in [0.15, 0.2) is 5.78 Å². The van der Waals surface area contributed by atoms with Gasteiger partial charge >= 0.3 is 5.97 Å². The number of carbonyl (C=O) groups is 2. The normalized spacial score (nSPS) is 10.1. The molecule has 2 rings (SSSR count). The van der Waals surface area contributed by atoms with Gasteiger partial charge in [-0.1, -0.05) is 30.3 Å². The molecule has 21 heavy (non-hydrogen) atoms. The second-order valence-electron chi connectivity index (χ2n) is 4.57. The molecule has 0 amide bonds. The highest BCUT2D eigenvalue weighted by molar-refractivity contribution is 5.95. The molecule has 0 aliphatic heterocycles. The molecule has 0 fully saturated rings. The molecule has 0 saturated heterocycles. The van der Waals surface area contributed by atoms with Gasteiger partial charge in [0.05, 0.1) is 12.2 Å². The van der Waals surface area contributed by atoms with E-state index in [0.29, 0.717) is 30.8 Å². The molecule has 4 heteroatoms. The zero-order valence-corrected chi connectivity index (χ0v) is 11.5. The lowest BCUT2D eigenvalue weighted by Gasteiger charge is -2.06. The number of carboxylic acid groups (broad SMARTS) is 1. The highest BCUT2D eigenvalue weighted by Crippen LogP contribution is 2.13. The van der Waals surface area contributed by atoms with Crippen LogP contribution in [0.5, 0.6) is 5.75 Å². The quantitative estimate of drug-likeness (QED) is 0.625. The largest absolute Gasteiger partial charge is 0.494 e. The first-order valence-electron chi connectivity index (χ1n) is 6.71. The molecule has 1 N–H and O–H groups in total. The minimum atomic E-state index is -0.963. The summed E-state index contributed by atoms with van der Waals surface area (Å²) >= 11 is 0. The average molecular weight is 284 g/mol. The van der Waals surface area contributed by atoms with Crippen LogP contribution in [0, 0.1) is 0 Å². The molecular weight excluding hydrogens is 268 g/mol. The maximum Gasteiger partial charge on any atom is 0.335 e. The van der Waals surface area contributed by atoms with Crippen molar-refractivity contribution < 1.29 is 19.4 Å². The zero-order chi connectivity index (χ0) is 15.1. The molecule has 4 nitrogen and oxygen atoms in total. The van der Waals surface area contributed by atoms with Gasteiger partial charge in [-0.15, -0.1) is 0 Å². The number of hydrogen-bond acceptors (Lipinski definition) is 3. The molecule has 0 aliphatic carbocycles. The van der Waals surface area contributed by atoms with Gasteiger partial charge < -0.3 is 9.84 Å². The van der Waals surface area contributed by atoms with Gasteiger partial charge in [-0.2, -0.15) is 0 Å². The summed E-state index contributed by atoms with van der Waals surface area (Å²) in [7, 11) is 0. The van der Waals surface area contributed by atoms with Gasteiger partial charge in [0, 0.05) is 12.0 Å². The van der Waals surface area contributed by atoms with Crippen molar-refractivity contribution in [3.8, 4) is 5.75 Å². The number of carbonyl (C=O) groups excluding carboxylic acids is 1. The first-order chi connectivity index (χ1) is 10.2. The van der Waals surface area contributed by atoms with Crippen molar-refractivity contribution in [2.75, 3.05) is 6.61 Å². The lowest BCUT2D eigenvalue weighted by atomic mass is 10.1. The number of rotatable bonds is 7. The smallest absolute Gasteiger partial charge is 0.335 e. The maximum atomic E-state index is 11.9. The van der Waals surface area contributed by atoms with Crippen LogP contribution in [-0.4, -0.2) is 23.5 Å². The summed E-state index contributed by atoms with van der Waals surface area (Å²) in [6, 6.07) is 15.4. The van der Waals surface area contributed by atoms with Gasteiger partial charge in [-0.3, -0.25) is 4.79 Å². The Labute approximate surface area is 123 Å². The van der Waals surface area contributed by atoms with Gasteiger partial charge in [0.25, 0.3) is 0 Å². The van der Waals surface area contributed by atoms with Gasteiger partial charge in [-0.05, 0) is 30.7 Å². The molecule has 0 saturated carbocycles. The fourth-order valence-electron chi connectivity index (χ4n) is 1.88. The summed E-state index contributed by atoms with van der Waals surface area (Å²) in [5, 5.41) is 8.78. The van der Waals surface area contributed by atoms with E-state index in [-0.39, 0.29) is 11.3 Å². The van der Waals surface area contributed by atoms with Crippen LogP contribution in [0.3, 0.4) is 0 Å². The Morgan fingerprint density at radius 1 is 0.905 bits per heavy atom. The fourth-order valence-corrected chi connectivity index (χ4v) is 1.88. The molecule has 0 aromatic heterocycles. The summed E-state index contributed by atoms with van der Waals surface area (Å²) < 4.78 is 5.48. The molecule has 0 bridgehead atoms. The SMILES string of the molecule is O=C(O)c1ccc(OCCCC(=O)c2ccccc2)cc1. The zero-order valence-electron chi connectivity index (χ0n) is 11.5. The van der Waals surface area contributed by atoms with Gasteiger partial charge in [0.1, 0.15) is 5.75 Å². The Morgan fingerprint density at radius 2 is 1.57 bits per heavy atom. The van der Waals surface area contributed by atoms with Crippen LogP contribution in [0.2, 0.25) is 0 Å². The minimum Gasteiger partial charge on any atom is -0.494 e. The monoisotopic (exact) mass is 284 g/mol. The van der Waals surface area contributed by atoms with Crippen LogP contribution >= 0.6 is 0 Å². The van der Waals surface area contributed by atoms with E-state index >= 15 is 0 Å². The van der Waals surface area contributed by atoms with Gasteiger partial charge in [0.2, 0.25) is 0 Å². The Bertz CT molecular complexity index is 602. The van der Waals surface area contributed by atoms with Crippen LogP contribution in [0.15, 0.2) is 54.6 Å². The summed E-state index contributed by atoms with van der Waals surface area (Å²) in [5.41, 5.74) is 0.935. The molecule has 2 aromatic rings. The topological polar surface area (TPSA) is 63.6 Å². The third kappa shape index (κ3) is 4.45. The Hall–Kier alpha value is -2.62. The molecule has 0 atom stereocenters. The van der Waals surface area contributed by atoms with E-state index in [1.54, 1.807) is 24.3 Å². The fraction of sp³-hybridized carbons (Fsp3) is 0.176. The average Bonchev–Trinajstić information content (AvgIpc) is 2.52. The summed E-state index contributed by atoms with van der Waals surface area (Å²) in [4.78, 5) is 22.6. The Morgan fingerprint density at radius 3 is 2.19 bits per heavy atom. The Kier molecular flexibility index (Phi) is 5.10. The van der Waals surface area contributed by atoms with Crippen LogP contribution in [0.4, 0.5) is 0 Å². The van der Waals surface area contributed by atoms with Crippen LogP contribution in [0.25, 0.3) is 0 Å². The number of hydrogen-bond donors (Lipinski definition) is 1. The van der Waals surface area contributed by atoms with Crippen molar-refractivity contribution in [3.05, 3.63) is 65.7 Å². The molecule has 0 unspecified atom stereocenters. The third-order valence-corrected chi connectivity index (χ3v) is 3.01. The number of benzene rings is 2. The van der Waals surface area contributed by atoms with Crippen LogP contribution in [-0.2, 0) is 0 Å². The van der Waals surface area contributed by atoms with E-state index in [0.717, 1.165) is 0 Å². The minimum absolute atomic E-state index is 0.0976. The molecule has 0 radical (unpaired) electrons. The molecule has 2 aromatic carbocycles. The van der Waals surface area contributed by atoms with Crippen molar-refractivity contribution in [2.45, 2.75) is 12.8 Å². The summed E-state index contributed by atoms with van der Waals surface area (Å²) in [6.07, 6.45) is 1.05. The van der Waals surface area contributed by atoms with E-state index in [4.69, 9.17) is 9.84 Å². The van der Waals surface area contributed by atoms with E-state index in [1.165, 1.54) is 12.1 Å². The highest BCUT2D eigenvalue weighted by Gasteiger charge is 2.05. The van der Waals surface area contributed by atoms with Crippen molar-refractivity contribution in [1.29, 1.82) is 0 Å².